The van der Waals surface area contributed by atoms with Crippen LogP contribution in [0, 0.1) is 0 Å². The summed E-state index contributed by atoms with van der Waals surface area (Å²) >= 11 is 0. The van der Waals surface area contributed by atoms with Gasteiger partial charge in [-0.25, -0.2) is 0 Å². The van der Waals surface area contributed by atoms with Gasteiger partial charge in [-0.05, 0) is 31.4 Å². The number of nitrogen functional groups attached to an aromatic ring is 1. The van der Waals surface area contributed by atoms with Crippen LogP contribution in [0.2, 0.25) is 0 Å². The van der Waals surface area contributed by atoms with Gasteiger partial charge in [-0.1, -0.05) is 13.8 Å². The molecule has 2 N–H and O–H groups in total. The zero-order valence-corrected chi connectivity index (χ0v) is 12.2. The average molecular weight is 274 g/mol. The minimum Gasteiger partial charge on any atom is -0.398 e. The molecule has 0 bridgehead atoms. The first-order chi connectivity index (χ1) is 9.63. The highest BCUT2D eigenvalue weighted by atomic mass is 16.1. The summed E-state index contributed by atoms with van der Waals surface area (Å²) in [5, 5.41) is 4.58. The predicted molar refractivity (Wildman–Crippen MR) is 80.7 cm³/mol. The molecule has 0 saturated heterocycles. The van der Waals surface area contributed by atoms with Crippen LogP contribution in [0.1, 0.15) is 31.7 Å². The molecule has 2 aromatic heterocycles. The van der Waals surface area contributed by atoms with E-state index >= 15 is 0 Å². The molecular weight excluding hydrogens is 252 g/mol. The van der Waals surface area contributed by atoms with Gasteiger partial charge in [0.1, 0.15) is 0 Å². The standard InChI is InChI=1S/C15H22N4O/c1-3-13-10-14(4-2)19(17-13)9-5-8-18-11-12(16)6-7-15(18)20/h6-7,10-11H,3-5,8-9,16H2,1-2H3. The molecule has 0 aliphatic heterocycles. The van der Waals surface area contributed by atoms with E-state index in [0.717, 1.165) is 31.5 Å². The van der Waals surface area contributed by atoms with E-state index < -0.39 is 0 Å². The van der Waals surface area contributed by atoms with Gasteiger partial charge in [0.2, 0.25) is 0 Å². The maximum atomic E-state index is 11.7. The molecule has 0 fully saturated rings. The van der Waals surface area contributed by atoms with Crippen LogP contribution in [-0.4, -0.2) is 14.3 Å². The van der Waals surface area contributed by atoms with Crippen molar-refractivity contribution >= 4 is 5.69 Å². The lowest BCUT2D eigenvalue weighted by molar-refractivity contribution is 0.504. The van der Waals surface area contributed by atoms with E-state index in [2.05, 4.69) is 29.7 Å². The van der Waals surface area contributed by atoms with Crippen molar-refractivity contribution in [1.82, 2.24) is 14.3 Å². The number of hydrogen-bond acceptors (Lipinski definition) is 3. The molecule has 0 unspecified atom stereocenters. The molecule has 5 nitrogen and oxygen atoms in total. The van der Waals surface area contributed by atoms with E-state index in [-0.39, 0.29) is 5.56 Å². The van der Waals surface area contributed by atoms with E-state index in [1.165, 1.54) is 11.8 Å². The molecule has 0 atom stereocenters. The lowest BCUT2D eigenvalue weighted by Crippen LogP contribution is -2.20. The van der Waals surface area contributed by atoms with Crippen molar-refractivity contribution in [3.8, 4) is 0 Å². The van der Waals surface area contributed by atoms with Gasteiger partial charge in [0, 0.05) is 36.7 Å². The zero-order chi connectivity index (χ0) is 14.5. The van der Waals surface area contributed by atoms with Crippen LogP contribution in [0.4, 0.5) is 5.69 Å². The first-order valence-corrected chi connectivity index (χ1v) is 7.15. The Labute approximate surface area is 119 Å². The molecule has 2 heterocycles. The van der Waals surface area contributed by atoms with Crippen molar-refractivity contribution < 1.29 is 0 Å². The lowest BCUT2D eigenvalue weighted by atomic mass is 10.2. The largest absolute Gasteiger partial charge is 0.398 e. The molecule has 0 radical (unpaired) electrons. The summed E-state index contributed by atoms with van der Waals surface area (Å²) in [5.74, 6) is 0. The first kappa shape index (κ1) is 14.4. The number of pyridine rings is 1. The van der Waals surface area contributed by atoms with Crippen LogP contribution in [0.15, 0.2) is 29.2 Å². The summed E-state index contributed by atoms with van der Waals surface area (Å²) in [6.07, 6.45) is 4.49. The Balaban J connectivity index is 2.00. The van der Waals surface area contributed by atoms with Gasteiger partial charge in [0.15, 0.2) is 0 Å². The quantitative estimate of drug-likeness (QED) is 0.874. The van der Waals surface area contributed by atoms with Crippen LogP contribution in [0.25, 0.3) is 0 Å². The Bertz CT molecular complexity index is 627. The summed E-state index contributed by atoms with van der Waals surface area (Å²) in [7, 11) is 0. The molecule has 0 aliphatic rings. The smallest absolute Gasteiger partial charge is 0.250 e. The van der Waals surface area contributed by atoms with Gasteiger partial charge >= 0.3 is 0 Å². The van der Waals surface area contributed by atoms with Gasteiger partial charge in [-0.15, -0.1) is 0 Å². The van der Waals surface area contributed by atoms with Crippen molar-refractivity contribution in [2.45, 2.75) is 46.2 Å². The number of nitrogens with two attached hydrogens (primary N) is 1. The number of nitrogens with zero attached hydrogens (tertiary/aromatic N) is 3. The van der Waals surface area contributed by atoms with Crippen molar-refractivity contribution in [3.05, 3.63) is 46.1 Å². The summed E-state index contributed by atoms with van der Waals surface area (Å²) in [6, 6.07) is 5.30. The fourth-order valence-electron chi connectivity index (χ4n) is 2.28. The Morgan fingerprint density at radius 2 is 2.00 bits per heavy atom. The Morgan fingerprint density at radius 3 is 2.70 bits per heavy atom. The molecule has 20 heavy (non-hydrogen) atoms. The van der Waals surface area contributed by atoms with Crippen molar-refractivity contribution in [2.75, 3.05) is 5.73 Å². The van der Waals surface area contributed by atoms with Crippen molar-refractivity contribution in [2.24, 2.45) is 0 Å². The van der Waals surface area contributed by atoms with Crippen molar-refractivity contribution in [1.29, 1.82) is 0 Å². The van der Waals surface area contributed by atoms with Gasteiger partial charge < -0.3 is 10.3 Å². The maximum Gasteiger partial charge on any atom is 0.250 e. The number of aromatic nitrogens is 3. The first-order valence-electron chi connectivity index (χ1n) is 7.15. The molecular formula is C15H22N4O. The number of anilines is 1. The topological polar surface area (TPSA) is 65.8 Å². The van der Waals surface area contributed by atoms with Gasteiger partial charge in [0.05, 0.1) is 5.69 Å². The molecule has 0 spiro atoms. The molecule has 2 rings (SSSR count). The third-order valence-corrected chi connectivity index (χ3v) is 3.41. The normalized spacial score (nSPS) is 10.9. The molecule has 0 saturated carbocycles. The third kappa shape index (κ3) is 3.29. The number of rotatable bonds is 6. The summed E-state index contributed by atoms with van der Waals surface area (Å²) in [6.45, 7) is 5.73. The highest BCUT2D eigenvalue weighted by Crippen LogP contribution is 2.07. The molecule has 5 heteroatoms. The number of aryl methyl sites for hydroxylation is 4. The second-order valence-corrected chi connectivity index (χ2v) is 4.90. The summed E-state index contributed by atoms with van der Waals surface area (Å²) < 4.78 is 3.71. The van der Waals surface area contributed by atoms with Crippen molar-refractivity contribution in [3.63, 3.8) is 0 Å². The summed E-state index contributed by atoms with van der Waals surface area (Å²) in [4.78, 5) is 11.7. The predicted octanol–water partition coefficient (Wildman–Crippen LogP) is 1.84. The Kier molecular flexibility index (Phi) is 4.61. The van der Waals surface area contributed by atoms with Gasteiger partial charge in [-0.3, -0.25) is 9.48 Å². The molecule has 0 amide bonds. The molecule has 0 aromatic carbocycles. The molecule has 0 aliphatic carbocycles. The SMILES string of the molecule is CCc1cc(CC)n(CCCn2cc(N)ccc2=O)n1. The molecule has 2 aromatic rings. The second-order valence-electron chi connectivity index (χ2n) is 4.90. The van der Waals surface area contributed by atoms with E-state index in [0.29, 0.717) is 12.2 Å². The van der Waals surface area contributed by atoms with Crippen LogP contribution in [0.3, 0.4) is 0 Å². The average Bonchev–Trinajstić information content (AvgIpc) is 2.85. The van der Waals surface area contributed by atoms with Crippen LogP contribution >= 0.6 is 0 Å². The highest BCUT2D eigenvalue weighted by Gasteiger charge is 2.05. The monoisotopic (exact) mass is 274 g/mol. The van der Waals surface area contributed by atoms with Gasteiger partial charge in [0.25, 0.3) is 5.56 Å². The minimum absolute atomic E-state index is 0.00960. The number of hydrogen-bond donors (Lipinski definition) is 1. The lowest BCUT2D eigenvalue weighted by Gasteiger charge is -2.08. The van der Waals surface area contributed by atoms with Crippen LogP contribution in [0.5, 0.6) is 0 Å². The fraction of sp³-hybridized carbons (Fsp3) is 0.467. The van der Waals surface area contributed by atoms with E-state index in [1.807, 2.05) is 0 Å². The van der Waals surface area contributed by atoms with E-state index in [9.17, 15) is 4.79 Å². The fourth-order valence-corrected chi connectivity index (χ4v) is 2.28. The third-order valence-electron chi connectivity index (χ3n) is 3.41. The minimum atomic E-state index is -0.00960. The summed E-state index contributed by atoms with van der Waals surface area (Å²) in [5.41, 5.74) is 8.69. The Morgan fingerprint density at radius 1 is 1.20 bits per heavy atom. The zero-order valence-electron chi connectivity index (χ0n) is 12.2. The van der Waals surface area contributed by atoms with E-state index in [1.54, 1.807) is 16.8 Å². The van der Waals surface area contributed by atoms with Crippen LogP contribution < -0.4 is 11.3 Å². The highest BCUT2D eigenvalue weighted by molar-refractivity contribution is 5.33. The van der Waals surface area contributed by atoms with Crippen LogP contribution in [-0.2, 0) is 25.9 Å². The van der Waals surface area contributed by atoms with Gasteiger partial charge in [-0.2, -0.15) is 5.10 Å². The van der Waals surface area contributed by atoms with E-state index in [4.69, 9.17) is 5.73 Å². The second kappa shape index (κ2) is 6.41. The molecule has 108 valence electrons. The maximum absolute atomic E-state index is 11.7. The Hall–Kier alpha value is -2.04.